The van der Waals surface area contributed by atoms with Crippen LogP contribution in [0.5, 0.6) is 11.5 Å². The molecule has 2 aliphatic carbocycles. The molecule has 0 saturated heterocycles. The molecule has 0 bridgehead atoms. The zero-order chi connectivity index (χ0) is 52.2. The SMILES string of the molecule is CC(C)(C)c1ccc(-c2cc3c4c(c2)-n2c5ccccc5c5c2c(cc2c6ccccc6n(-c6cc(C(C)(C)C)cc(C(C)(C)C)c6)c25)B4c2ccc4c(c2O3)-c2ccccc2C42c3ccccc3-c3ccccc32)cc1. The van der Waals surface area contributed by atoms with Gasteiger partial charge in [0.1, 0.15) is 11.5 Å². The average Bonchev–Trinajstić information content (AvgIpc) is 3.68. The van der Waals surface area contributed by atoms with Crippen LogP contribution in [0.15, 0.2) is 194 Å². The molecule has 77 heavy (non-hydrogen) atoms. The molecule has 0 atom stereocenters. The van der Waals surface area contributed by atoms with Crippen molar-refractivity contribution in [2.45, 2.75) is 84.0 Å². The molecule has 0 amide bonds. The Labute approximate surface area is 451 Å². The summed E-state index contributed by atoms with van der Waals surface area (Å²) in [5, 5.41) is 5.06. The average molecular weight is 991 g/mol. The fraction of sp³-hybridized carbons (Fsp3) is 0.178. The highest BCUT2D eigenvalue weighted by atomic mass is 16.5. The number of nitrogens with zero attached hydrogens (tertiary/aromatic N) is 2. The first-order valence-corrected chi connectivity index (χ1v) is 27.7. The molecule has 10 aromatic carbocycles. The molecule has 4 aliphatic rings. The zero-order valence-electron chi connectivity index (χ0n) is 45.4. The number of hydrogen-bond donors (Lipinski definition) is 0. The van der Waals surface area contributed by atoms with Gasteiger partial charge in [0.15, 0.2) is 0 Å². The highest BCUT2D eigenvalue weighted by Gasteiger charge is 2.54. The van der Waals surface area contributed by atoms with Gasteiger partial charge in [0.2, 0.25) is 0 Å². The van der Waals surface area contributed by atoms with Crippen molar-refractivity contribution in [2.75, 3.05) is 0 Å². The van der Waals surface area contributed by atoms with E-state index in [0.717, 1.165) is 17.1 Å². The Bertz CT molecular complexity index is 4520. The molecule has 4 heteroatoms. The second kappa shape index (κ2) is 15.0. The van der Waals surface area contributed by atoms with E-state index in [1.54, 1.807) is 0 Å². The van der Waals surface area contributed by atoms with Crippen LogP contribution in [0.1, 0.15) is 101 Å². The molecule has 370 valence electrons. The standard InChI is InChI=1S/C73H59BN2O/c1-70(2,3)44-32-30-42(31-33-44)43-36-62-66-63(37-43)77-69-58(35-34-57-64(69)51-23-12-17-27-56(51)73(57)54-25-15-10-20-48(54)49-21-11-16-26-55(49)73)74(66)59-41-53-50-22-13-18-28-60(50)75(47-39-45(71(4,5)6)38-46(40-47)72(7,8)9)67(53)65-52-24-14-19-29-61(52)76(62)68(59)65/h10-41H,1-9H3. The summed E-state index contributed by atoms with van der Waals surface area (Å²) in [6.07, 6.45) is 0. The molecule has 2 aliphatic heterocycles. The maximum Gasteiger partial charge on any atom is 0.256 e. The Morgan fingerprint density at radius 3 is 1.61 bits per heavy atom. The smallest absolute Gasteiger partial charge is 0.256 e. The number of benzene rings is 10. The van der Waals surface area contributed by atoms with Crippen LogP contribution in [0.25, 0.3) is 88.4 Å². The number of para-hydroxylation sites is 2. The van der Waals surface area contributed by atoms with Crippen LogP contribution in [-0.4, -0.2) is 15.8 Å². The normalized spacial score (nSPS) is 14.5. The van der Waals surface area contributed by atoms with E-state index in [1.807, 2.05) is 0 Å². The number of ether oxygens (including phenoxy) is 1. The minimum Gasteiger partial charge on any atom is -0.458 e. The first-order valence-electron chi connectivity index (χ1n) is 27.7. The van der Waals surface area contributed by atoms with Gasteiger partial charge in [-0.1, -0.05) is 220 Å². The quantitative estimate of drug-likeness (QED) is 0.158. The van der Waals surface area contributed by atoms with Gasteiger partial charge in [-0.25, -0.2) is 0 Å². The van der Waals surface area contributed by atoms with Crippen molar-refractivity contribution < 1.29 is 4.74 Å². The number of hydrogen-bond acceptors (Lipinski definition) is 1. The lowest BCUT2D eigenvalue weighted by atomic mass is 9.34. The summed E-state index contributed by atoms with van der Waals surface area (Å²) < 4.78 is 13.0. The van der Waals surface area contributed by atoms with E-state index >= 15 is 0 Å². The molecule has 12 aromatic rings. The predicted octanol–water partition coefficient (Wildman–Crippen LogP) is 16.7. The summed E-state index contributed by atoms with van der Waals surface area (Å²) >= 11 is 0. The Balaban J connectivity index is 1.05. The minimum absolute atomic E-state index is 0.0321. The highest BCUT2D eigenvalue weighted by Crippen LogP contribution is 2.64. The third-order valence-electron chi connectivity index (χ3n) is 18.2. The zero-order valence-corrected chi connectivity index (χ0v) is 45.4. The Hall–Kier alpha value is -8.34. The van der Waals surface area contributed by atoms with E-state index in [2.05, 4.69) is 266 Å². The second-order valence-corrected chi connectivity index (χ2v) is 25.6. The van der Waals surface area contributed by atoms with Gasteiger partial charge in [-0.15, -0.1) is 0 Å². The van der Waals surface area contributed by atoms with E-state index in [1.165, 1.54) is 138 Å². The topological polar surface area (TPSA) is 19.1 Å². The van der Waals surface area contributed by atoms with Crippen LogP contribution >= 0.6 is 0 Å². The molecule has 0 radical (unpaired) electrons. The van der Waals surface area contributed by atoms with Crippen molar-refractivity contribution in [3.63, 3.8) is 0 Å². The molecule has 0 saturated carbocycles. The third-order valence-corrected chi connectivity index (χ3v) is 18.2. The first-order chi connectivity index (χ1) is 37.1. The number of fused-ring (bicyclic) bond motifs is 22. The summed E-state index contributed by atoms with van der Waals surface area (Å²) in [5.74, 6) is 1.88. The summed E-state index contributed by atoms with van der Waals surface area (Å²) in [7, 11) is 0. The molecule has 3 nitrogen and oxygen atoms in total. The monoisotopic (exact) mass is 990 g/mol. The van der Waals surface area contributed by atoms with Crippen LogP contribution < -0.4 is 21.1 Å². The minimum atomic E-state index is -0.496. The van der Waals surface area contributed by atoms with Crippen molar-refractivity contribution in [1.29, 1.82) is 0 Å². The van der Waals surface area contributed by atoms with E-state index in [0.29, 0.717) is 0 Å². The Morgan fingerprint density at radius 1 is 0.416 bits per heavy atom. The lowest BCUT2D eigenvalue weighted by molar-refractivity contribution is 0.488. The third kappa shape index (κ3) is 5.83. The molecule has 1 spiro atoms. The van der Waals surface area contributed by atoms with Crippen molar-refractivity contribution in [1.82, 2.24) is 9.13 Å². The summed E-state index contributed by atoms with van der Waals surface area (Å²) in [4.78, 5) is 0. The molecule has 16 rings (SSSR count). The van der Waals surface area contributed by atoms with Crippen molar-refractivity contribution >= 4 is 66.7 Å². The van der Waals surface area contributed by atoms with Gasteiger partial charge >= 0.3 is 0 Å². The summed E-state index contributed by atoms with van der Waals surface area (Å²) in [5.41, 5.74) is 27.1. The fourth-order valence-corrected chi connectivity index (χ4v) is 14.6. The molecule has 4 heterocycles. The van der Waals surface area contributed by atoms with Crippen LogP contribution in [0.2, 0.25) is 0 Å². The van der Waals surface area contributed by atoms with Crippen LogP contribution in [-0.2, 0) is 21.7 Å². The Morgan fingerprint density at radius 2 is 0.974 bits per heavy atom. The highest BCUT2D eigenvalue weighted by molar-refractivity contribution is 6.99. The molecule has 0 N–H and O–H groups in total. The van der Waals surface area contributed by atoms with E-state index in [-0.39, 0.29) is 23.0 Å². The summed E-state index contributed by atoms with van der Waals surface area (Å²) in [6, 6.07) is 74.6. The molecule has 0 fully saturated rings. The van der Waals surface area contributed by atoms with E-state index in [4.69, 9.17) is 4.74 Å². The van der Waals surface area contributed by atoms with Gasteiger partial charge in [-0.05, 0) is 136 Å². The van der Waals surface area contributed by atoms with E-state index < -0.39 is 5.41 Å². The number of aromatic nitrogens is 2. The van der Waals surface area contributed by atoms with Crippen LogP contribution in [0, 0.1) is 0 Å². The predicted molar refractivity (Wildman–Crippen MR) is 324 cm³/mol. The summed E-state index contributed by atoms with van der Waals surface area (Å²) in [6.45, 7) is 20.8. The molecule has 2 aromatic heterocycles. The largest absolute Gasteiger partial charge is 0.458 e. The second-order valence-electron chi connectivity index (χ2n) is 25.6. The van der Waals surface area contributed by atoms with Gasteiger partial charge in [0, 0.05) is 38.5 Å². The maximum absolute atomic E-state index is 7.82. The van der Waals surface area contributed by atoms with Gasteiger partial charge in [0.05, 0.1) is 27.5 Å². The lowest BCUT2D eigenvalue weighted by Gasteiger charge is -2.35. The maximum atomic E-state index is 7.82. The van der Waals surface area contributed by atoms with Crippen molar-refractivity contribution in [2.24, 2.45) is 0 Å². The first kappa shape index (κ1) is 44.9. The van der Waals surface area contributed by atoms with Crippen LogP contribution in [0.4, 0.5) is 0 Å². The lowest BCUT2D eigenvalue weighted by Crippen LogP contribution is -2.58. The van der Waals surface area contributed by atoms with Crippen LogP contribution in [0.3, 0.4) is 0 Å². The Kier molecular flexibility index (Phi) is 8.74. The molecule has 0 unspecified atom stereocenters. The van der Waals surface area contributed by atoms with Gasteiger partial charge < -0.3 is 13.9 Å². The van der Waals surface area contributed by atoms with Crippen molar-refractivity contribution in [3.05, 3.63) is 233 Å². The number of rotatable bonds is 2. The molecular weight excluding hydrogens is 932 g/mol. The fourth-order valence-electron chi connectivity index (χ4n) is 14.6. The van der Waals surface area contributed by atoms with Gasteiger partial charge in [0.25, 0.3) is 6.71 Å². The van der Waals surface area contributed by atoms with Crippen molar-refractivity contribution in [3.8, 4) is 56.3 Å². The van der Waals surface area contributed by atoms with Gasteiger partial charge in [-0.2, -0.15) is 0 Å². The van der Waals surface area contributed by atoms with E-state index in [9.17, 15) is 0 Å². The molecular formula is C73H59BN2O. The van der Waals surface area contributed by atoms with Gasteiger partial charge in [-0.3, -0.25) is 0 Å².